The maximum absolute atomic E-state index is 12.0. The van der Waals surface area contributed by atoms with Gasteiger partial charge in [0.15, 0.2) is 6.61 Å². The number of nitrogens with one attached hydrogen (secondary N) is 1. The lowest BCUT2D eigenvalue weighted by Crippen LogP contribution is -2.44. The van der Waals surface area contributed by atoms with E-state index in [2.05, 4.69) is 5.32 Å². The second kappa shape index (κ2) is 9.83. The maximum atomic E-state index is 12.0. The largest absolute Gasteiger partial charge is 0.467 e. The highest BCUT2D eigenvalue weighted by Crippen LogP contribution is 2.05. The zero-order chi connectivity index (χ0) is 18.8. The molecule has 0 aliphatic heterocycles. The summed E-state index contributed by atoms with van der Waals surface area (Å²) in [5.74, 6) is -1.39. The Morgan fingerprint density at radius 3 is 2.58 bits per heavy atom. The fraction of sp³-hybridized carbons (Fsp3) is 0.211. The van der Waals surface area contributed by atoms with Crippen LogP contribution < -0.4 is 5.32 Å². The summed E-state index contributed by atoms with van der Waals surface area (Å²) in [7, 11) is 1.24. The number of rotatable bonds is 8. The Labute approximate surface area is 150 Å². The Kier molecular flexibility index (Phi) is 7.17. The Morgan fingerprint density at radius 1 is 1.15 bits per heavy atom. The van der Waals surface area contributed by atoms with Crippen molar-refractivity contribution >= 4 is 23.9 Å². The van der Waals surface area contributed by atoms with Crippen LogP contribution in [0.25, 0.3) is 6.08 Å². The molecule has 1 N–H and O–H groups in total. The van der Waals surface area contributed by atoms with E-state index in [9.17, 15) is 14.4 Å². The smallest absolute Gasteiger partial charge is 0.331 e. The molecule has 0 spiro atoms. The minimum atomic E-state index is -0.868. The van der Waals surface area contributed by atoms with Crippen molar-refractivity contribution in [2.45, 2.75) is 12.5 Å². The highest BCUT2D eigenvalue weighted by molar-refractivity contribution is 5.90. The fourth-order valence-electron chi connectivity index (χ4n) is 2.14. The van der Waals surface area contributed by atoms with E-state index in [4.69, 9.17) is 13.9 Å². The second-order valence-electron chi connectivity index (χ2n) is 5.29. The first-order valence-electron chi connectivity index (χ1n) is 7.88. The van der Waals surface area contributed by atoms with E-state index in [-0.39, 0.29) is 6.42 Å². The molecule has 0 aliphatic carbocycles. The second-order valence-corrected chi connectivity index (χ2v) is 5.29. The lowest BCUT2D eigenvalue weighted by molar-refractivity contribution is -0.147. The van der Waals surface area contributed by atoms with E-state index in [1.807, 2.05) is 30.3 Å². The highest BCUT2D eigenvalue weighted by Gasteiger charge is 2.22. The number of furan rings is 1. The number of carbonyl (C=O) groups excluding carboxylic acids is 3. The number of benzene rings is 1. The summed E-state index contributed by atoms with van der Waals surface area (Å²) in [6.07, 6.45) is 4.31. The molecule has 0 unspecified atom stereocenters. The SMILES string of the molecule is COC(=O)[C@@H](Cc1ccccc1)NC(=O)COC(=O)/C=C/c1ccco1. The van der Waals surface area contributed by atoms with E-state index in [1.54, 1.807) is 12.1 Å². The van der Waals surface area contributed by atoms with E-state index in [1.165, 1.54) is 19.4 Å². The highest BCUT2D eigenvalue weighted by atomic mass is 16.5. The molecule has 2 rings (SSSR count). The van der Waals surface area contributed by atoms with Crippen molar-refractivity contribution in [1.82, 2.24) is 5.32 Å². The van der Waals surface area contributed by atoms with Crippen molar-refractivity contribution in [3.63, 3.8) is 0 Å². The van der Waals surface area contributed by atoms with Gasteiger partial charge in [-0.15, -0.1) is 0 Å². The number of amides is 1. The van der Waals surface area contributed by atoms with Gasteiger partial charge in [0.05, 0.1) is 13.4 Å². The zero-order valence-electron chi connectivity index (χ0n) is 14.2. The van der Waals surface area contributed by atoms with Gasteiger partial charge in [0.2, 0.25) is 0 Å². The number of methoxy groups -OCH3 is 1. The monoisotopic (exact) mass is 357 g/mol. The Balaban J connectivity index is 1.84. The van der Waals surface area contributed by atoms with Crippen LogP contribution in [0, 0.1) is 0 Å². The van der Waals surface area contributed by atoms with Crippen molar-refractivity contribution in [2.75, 3.05) is 13.7 Å². The Morgan fingerprint density at radius 2 is 1.92 bits per heavy atom. The number of hydrogen-bond acceptors (Lipinski definition) is 6. The Hall–Kier alpha value is -3.35. The van der Waals surface area contributed by atoms with Crippen LogP contribution in [0.2, 0.25) is 0 Å². The molecule has 1 atom stereocenters. The normalized spacial score (nSPS) is 11.7. The van der Waals surface area contributed by atoms with Gasteiger partial charge in [-0.2, -0.15) is 0 Å². The zero-order valence-corrected chi connectivity index (χ0v) is 14.2. The standard InChI is InChI=1S/C19H19NO6/c1-24-19(23)16(12-14-6-3-2-4-7-14)20-17(21)13-26-18(22)10-9-15-8-5-11-25-15/h2-11,16H,12-13H2,1H3,(H,20,21)/b10-9+/t16-/m1/s1. The van der Waals surface area contributed by atoms with Gasteiger partial charge >= 0.3 is 11.9 Å². The quantitative estimate of drug-likeness (QED) is 0.571. The maximum Gasteiger partial charge on any atom is 0.331 e. The van der Waals surface area contributed by atoms with Crippen LogP contribution in [0.5, 0.6) is 0 Å². The molecule has 26 heavy (non-hydrogen) atoms. The molecular weight excluding hydrogens is 338 g/mol. The van der Waals surface area contributed by atoms with Crippen molar-refractivity contribution < 1.29 is 28.3 Å². The third kappa shape index (κ3) is 6.27. The predicted octanol–water partition coefficient (Wildman–Crippen LogP) is 1.74. The fourth-order valence-corrected chi connectivity index (χ4v) is 2.14. The molecule has 0 bridgehead atoms. The van der Waals surface area contributed by atoms with Gasteiger partial charge in [-0.05, 0) is 23.8 Å². The van der Waals surface area contributed by atoms with E-state index < -0.39 is 30.5 Å². The number of esters is 2. The molecule has 1 aromatic heterocycles. The minimum absolute atomic E-state index is 0.269. The number of carbonyl (C=O) groups is 3. The van der Waals surface area contributed by atoms with Crippen LogP contribution in [0.1, 0.15) is 11.3 Å². The lowest BCUT2D eigenvalue weighted by Gasteiger charge is -2.16. The van der Waals surface area contributed by atoms with Crippen LogP contribution >= 0.6 is 0 Å². The summed E-state index contributed by atoms with van der Waals surface area (Å²) in [5.41, 5.74) is 0.863. The lowest BCUT2D eigenvalue weighted by atomic mass is 10.1. The average Bonchev–Trinajstić information content (AvgIpc) is 3.18. The molecule has 7 nitrogen and oxygen atoms in total. The summed E-state index contributed by atoms with van der Waals surface area (Å²) < 4.78 is 14.6. The van der Waals surface area contributed by atoms with Crippen molar-refractivity contribution in [1.29, 1.82) is 0 Å². The molecule has 1 heterocycles. The topological polar surface area (TPSA) is 94.8 Å². The van der Waals surface area contributed by atoms with Gasteiger partial charge in [-0.3, -0.25) is 4.79 Å². The third-order valence-electron chi connectivity index (χ3n) is 3.38. The first kappa shape index (κ1) is 19.0. The van der Waals surface area contributed by atoms with Crippen molar-refractivity contribution in [2.24, 2.45) is 0 Å². The number of hydrogen-bond donors (Lipinski definition) is 1. The molecule has 0 fully saturated rings. The summed E-state index contributed by atoms with van der Waals surface area (Å²) in [4.78, 5) is 35.4. The van der Waals surface area contributed by atoms with Crippen LogP contribution in [-0.2, 0) is 30.3 Å². The van der Waals surface area contributed by atoms with Gasteiger partial charge in [0.25, 0.3) is 5.91 Å². The predicted molar refractivity (Wildman–Crippen MR) is 92.8 cm³/mol. The van der Waals surface area contributed by atoms with Crippen LogP contribution in [0.15, 0.2) is 59.2 Å². The molecule has 0 aliphatic rings. The molecule has 0 saturated carbocycles. The third-order valence-corrected chi connectivity index (χ3v) is 3.38. The summed E-state index contributed by atoms with van der Waals surface area (Å²) >= 11 is 0. The molecule has 7 heteroatoms. The van der Waals surface area contributed by atoms with Gasteiger partial charge in [-0.1, -0.05) is 30.3 Å². The Bertz CT molecular complexity index is 752. The van der Waals surface area contributed by atoms with E-state index in [0.29, 0.717) is 5.76 Å². The van der Waals surface area contributed by atoms with E-state index >= 15 is 0 Å². The van der Waals surface area contributed by atoms with Gasteiger partial charge in [0, 0.05) is 12.5 Å². The first-order chi connectivity index (χ1) is 12.6. The summed E-state index contributed by atoms with van der Waals surface area (Å²) in [5, 5.41) is 2.51. The molecule has 2 aromatic rings. The summed E-state index contributed by atoms with van der Waals surface area (Å²) in [6.45, 7) is -0.510. The molecule has 0 radical (unpaired) electrons. The van der Waals surface area contributed by atoms with Gasteiger partial charge < -0.3 is 19.2 Å². The van der Waals surface area contributed by atoms with Crippen molar-refractivity contribution in [3.8, 4) is 0 Å². The first-order valence-corrected chi connectivity index (χ1v) is 7.88. The summed E-state index contributed by atoms with van der Waals surface area (Å²) in [6, 6.07) is 11.7. The molecule has 136 valence electrons. The average molecular weight is 357 g/mol. The van der Waals surface area contributed by atoms with Gasteiger partial charge in [-0.25, -0.2) is 9.59 Å². The molecule has 1 aromatic carbocycles. The van der Waals surface area contributed by atoms with Crippen LogP contribution in [-0.4, -0.2) is 37.6 Å². The molecular formula is C19H19NO6. The minimum Gasteiger partial charge on any atom is -0.467 e. The van der Waals surface area contributed by atoms with Gasteiger partial charge in [0.1, 0.15) is 11.8 Å². The van der Waals surface area contributed by atoms with Crippen LogP contribution in [0.3, 0.4) is 0 Å². The van der Waals surface area contributed by atoms with Crippen LogP contribution in [0.4, 0.5) is 0 Å². The molecule has 0 saturated heterocycles. The number of ether oxygens (including phenoxy) is 2. The van der Waals surface area contributed by atoms with E-state index in [0.717, 1.165) is 11.6 Å². The molecule has 1 amide bonds. The van der Waals surface area contributed by atoms with Crippen molar-refractivity contribution in [3.05, 3.63) is 66.1 Å².